The summed E-state index contributed by atoms with van der Waals surface area (Å²) in [6, 6.07) is 17.7. The van der Waals surface area contributed by atoms with E-state index in [1.165, 1.54) is 23.5 Å². The lowest BCUT2D eigenvalue weighted by Gasteiger charge is -2.08. The van der Waals surface area contributed by atoms with Crippen LogP contribution in [0.5, 0.6) is 0 Å². The van der Waals surface area contributed by atoms with Crippen LogP contribution in [0.2, 0.25) is 0 Å². The van der Waals surface area contributed by atoms with Crippen molar-refractivity contribution in [3.05, 3.63) is 87.9 Å². The molecule has 2 nitrogen and oxygen atoms in total. The Kier molecular flexibility index (Phi) is 6.26. The van der Waals surface area contributed by atoms with Gasteiger partial charge in [-0.2, -0.15) is 0 Å². The molecule has 26 heavy (non-hydrogen) atoms. The van der Waals surface area contributed by atoms with Gasteiger partial charge in [-0.3, -0.25) is 0 Å². The molecule has 132 valence electrons. The lowest BCUT2D eigenvalue weighted by Crippen LogP contribution is -2.06. The lowest BCUT2D eigenvalue weighted by molar-refractivity contribution is -0.137. The SMILES string of the molecule is CSc1ccc(COC(=O)C(=Cc2ccc(F)cc2)c2cccs2)cc1. The Labute approximate surface area is 160 Å². The fraction of sp³-hybridized carbons (Fsp3) is 0.0952. The van der Waals surface area contributed by atoms with Crippen molar-refractivity contribution < 1.29 is 13.9 Å². The van der Waals surface area contributed by atoms with Gasteiger partial charge in [0.05, 0.1) is 5.57 Å². The molecule has 0 spiro atoms. The largest absolute Gasteiger partial charge is 0.457 e. The number of hydrogen-bond acceptors (Lipinski definition) is 4. The minimum absolute atomic E-state index is 0.208. The third kappa shape index (κ3) is 4.84. The van der Waals surface area contributed by atoms with Gasteiger partial charge in [-0.15, -0.1) is 23.1 Å². The van der Waals surface area contributed by atoms with Crippen LogP contribution in [-0.4, -0.2) is 12.2 Å². The molecule has 0 atom stereocenters. The van der Waals surface area contributed by atoms with Gasteiger partial charge in [0, 0.05) is 9.77 Å². The predicted octanol–water partition coefficient (Wildman–Crippen LogP) is 5.89. The molecule has 0 N–H and O–H groups in total. The van der Waals surface area contributed by atoms with Gasteiger partial charge < -0.3 is 4.74 Å². The highest BCUT2D eigenvalue weighted by atomic mass is 32.2. The summed E-state index contributed by atoms with van der Waals surface area (Å²) >= 11 is 3.13. The summed E-state index contributed by atoms with van der Waals surface area (Å²) < 4.78 is 18.6. The van der Waals surface area contributed by atoms with E-state index in [1.807, 2.05) is 48.0 Å². The van der Waals surface area contributed by atoms with Crippen LogP contribution < -0.4 is 0 Å². The van der Waals surface area contributed by atoms with Crippen LogP contribution in [0.25, 0.3) is 11.6 Å². The smallest absolute Gasteiger partial charge is 0.339 e. The van der Waals surface area contributed by atoms with Crippen LogP contribution in [-0.2, 0) is 16.1 Å². The number of thiophene rings is 1. The molecule has 5 heteroatoms. The molecular formula is C21H17FO2S2. The third-order valence-electron chi connectivity index (χ3n) is 3.72. The molecule has 0 aliphatic rings. The summed E-state index contributed by atoms with van der Waals surface area (Å²) in [6.45, 7) is 0.208. The van der Waals surface area contributed by atoms with E-state index in [1.54, 1.807) is 30.0 Å². The molecule has 0 radical (unpaired) electrons. The Balaban J connectivity index is 1.77. The van der Waals surface area contributed by atoms with E-state index in [0.29, 0.717) is 5.57 Å². The molecule has 0 saturated carbocycles. The predicted molar refractivity (Wildman–Crippen MR) is 107 cm³/mol. The highest BCUT2D eigenvalue weighted by molar-refractivity contribution is 7.98. The summed E-state index contributed by atoms with van der Waals surface area (Å²) in [4.78, 5) is 14.6. The van der Waals surface area contributed by atoms with Crippen LogP contribution >= 0.6 is 23.1 Å². The molecule has 0 aliphatic carbocycles. The molecule has 0 aliphatic heterocycles. The molecule has 0 amide bonds. The van der Waals surface area contributed by atoms with Gasteiger partial charge >= 0.3 is 5.97 Å². The Hall–Kier alpha value is -2.37. The average Bonchev–Trinajstić information content (AvgIpc) is 3.20. The third-order valence-corrected chi connectivity index (χ3v) is 5.36. The molecule has 0 bridgehead atoms. The maximum atomic E-state index is 13.1. The first kappa shape index (κ1) is 18.4. The van der Waals surface area contributed by atoms with Crippen LogP contribution in [0.1, 0.15) is 16.0 Å². The van der Waals surface area contributed by atoms with Gasteiger partial charge in [0.15, 0.2) is 0 Å². The minimum Gasteiger partial charge on any atom is -0.457 e. The summed E-state index contributed by atoms with van der Waals surface area (Å²) in [7, 11) is 0. The van der Waals surface area contributed by atoms with Crippen LogP contribution in [0.3, 0.4) is 0 Å². The topological polar surface area (TPSA) is 26.3 Å². The van der Waals surface area contributed by atoms with Crippen molar-refractivity contribution in [2.45, 2.75) is 11.5 Å². The van der Waals surface area contributed by atoms with Crippen molar-refractivity contribution in [2.24, 2.45) is 0 Å². The number of hydrogen-bond donors (Lipinski definition) is 0. The van der Waals surface area contributed by atoms with Gasteiger partial charge in [-0.1, -0.05) is 30.3 Å². The Morgan fingerprint density at radius 1 is 1.12 bits per heavy atom. The number of ether oxygens (including phenoxy) is 1. The van der Waals surface area contributed by atoms with Crippen LogP contribution in [0, 0.1) is 5.82 Å². The summed E-state index contributed by atoms with van der Waals surface area (Å²) in [5, 5.41) is 1.91. The molecule has 1 aromatic heterocycles. The molecule has 2 aromatic carbocycles. The van der Waals surface area contributed by atoms with Crippen molar-refractivity contribution in [2.75, 3.05) is 6.26 Å². The van der Waals surface area contributed by atoms with Gasteiger partial charge in [0.2, 0.25) is 0 Å². The fourth-order valence-corrected chi connectivity index (χ4v) is 3.47. The summed E-state index contributed by atoms with van der Waals surface area (Å²) in [5.41, 5.74) is 2.15. The number of carbonyl (C=O) groups is 1. The number of halogens is 1. The summed E-state index contributed by atoms with van der Waals surface area (Å²) in [6.07, 6.45) is 3.74. The minimum atomic E-state index is -0.397. The lowest BCUT2D eigenvalue weighted by atomic mass is 10.1. The molecule has 0 unspecified atom stereocenters. The molecule has 3 rings (SSSR count). The maximum absolute atomic E-state index is 13.1. The van der Waals surface area contributed by atoms with E-state index >= 15 is 0 Å². The number of benzene rings is 2. The van der Waals surface area contributed by atoms with Gasteiger partial charge in [-0.25, -0.2) is 9.18 Å². The van der Waals surface area contributed by atoms with Crippen molar-refractivity contribution in [1.82, 2.24) is 0 Å². The second kappa shape index (κ2) is 8.83. The highest BCUT2D eigenvalue weighted by Crippen LogP contribution is 2.25. The van der Waals surface area contributed by atoms with E-state index in [9.17, 15) is 9.18 Å². The zero-order valence-corrected chi connectivity index (χ0v) is 15.8. The quantitative estimate of drug-likeness (QED) is 0.301. The van der Waals surface area contributed by atoms with Gasteiger partial charge in [0.25, 0.3) is 0 Å². The average molecular weight is 384 g/mol. The first-order valence-corrected chi connectivity index (χ1v) is 10.1. The van der Waals surface area contributed by atoms with Gasteiger partial charge in [0.1, 0.15) is 12.4 Å². The Bertz CT molecular complexity index is 883. The molecule has 1 heterocycles. The van der Waals surface area contributed by atoms with Crippen molar-refractivity contribution in [3.63, 3.8) is 0 Å². The molecule has 0 fully saturated rings. The summed E-state index contributed by atoms with van der Waals surface area (Å²) in [5.74, 6) is -0.707. The second-order valence-corrected chi connectivity index (χ2v) is 7.34. The van der Waals surface area contributed by atoms with Crippen molar-refractivity contribution in [3.8, 4) is 0 Å². The van der Waals surface area contributed by atoms with Crippen molar-refractivity contribution in [1.29, 1.82) is 0 Å². The highest BCUT2D eigenvalue weighted by Gasteiger charge is 2.15. The molecular weight excluding hydrogens is 367 g/mol. The normalized spacial score (nSPS) is 11.4. The van der Waals surface area contributed by atoms with E-state index in [4.69, 9.17) is 4.74 Å². The molecule has 0 saturated heterocycles. The zero-order valence-electron chi connectivity index (χ0n) is 14.1. The number of esters is 1. The first-order valence-electron chi connectivity index (χ1n) is 7.97. The van der Waals surface area contributed by atoms with E-state index in [0.717, 1.165) is 20.9 Å². The standard InChI is InChI=1S/C21H17FO2S2/c1-25-18-10-6-16(7-11-18)14-24-21(23)19(20-3-2-12-26-20)13-15-4-8-17(22)9-5-15/h2-13H,14H2,1H3. The first-order chi connectivity index (χ1) is 12.7. The molecule has 3 aromatic rings. The van der Waals surface area contributed by atoms with E-state index in [-0.39, 0.29) is 12.4 Å². The number of thioether (sulfide) groups is 1. The second-order valence-electron chi connectivity index (χ2n) is 5.51. The Morgan fingerprint density at radius 3 is 2.46 bits per heavy atom. The van der Waals surface area contributed by atoms with Crippen LogP contribution in [0.15, 0.2) is 70.9 Å². The van der Waals surface area contributed by atoms with Crippen LogP contribution in [0.4, 0.5) is 4.39 Å². The number of rotatable bonds is 6. The zero-order chi connectivity index (χ0) is 18.4. The van der Waals surface area contributed by atoms with Gasteiger partial charge in [-0.05, 0) is 59.2 Å². The monoisotopic (exact) mass is 384 g/mol. The number of carbonyl (C=O) groups excluding carboxylic acids is 1. The fourth-order valence-electron chi connectivity index (χ4n) is 2.34. The maximum Gasteiger partial charge on any atom is 0.339 e. The Morgan fingerprint density at radius 2 is 1.85 bits per heavy atom. The van der Waals surface area contributed by atoms with E-state index < -0.39 is 5.97 Å². The van der Waals surface area contributed by atoms with Crippen molar-refractivity contribution >= 4 is 40.7 Å². The van der Waals surface area contributed by atoms with E-state index in [2.05, 4.69) is 0 Å².